The molecule has 6 aliphatic rings. The van der Waals surface area contributed by atoms with Crippen molar-refractivity contribution in [2.75, 3.05) is 6.61 Å². The minimum absolute atomic E-state index is 0.0655. The average Bonchev–Trinajstić information content (AvgIpc) is 3.51. The summed E-state index contributed by atoms with van der Waals surface area (Å²) in [6.45, 7) is 15.5. The second-order valence-corrected chi connectivity index (χ2v) is 19.6. The van der Waals surface area contributed by atoms with Crippen molar-refractivity contribution in [1.29, 1.82) is 0 Å². The predicted octanol–water partition coefficient (Wildman–Crippen LogP) is 1.90. The number of ether oxygens (including phenoxy) is 4. The lowest BCUT2D eigenvalue weighted by molar-refractivity contribution is -0.399. The summed E-state index contributed by atoms with van der Waals surface area (Å²) in [6, 6.07) is 0. The molecule has 0 aromatic heterocycles. The van der Waals surface area contributed by atoms with Crippen molar-refractivity contribution in [3.05, 3.63) is 11.6 Å². The Bertz CT molecular complexity index is 1350. The smallest absolute Gasteiger partial charge is 0.187 e. The van der Waals surface area contributed by atoms with Crippen LogP contribution in [0.3, 0.4) is 0 Å². The van der Waals surface area contributed by atoms with E-state index in [2.05, 4.69) is 33.8 Å². The van der Waals surface area contributed by atoms with Gasteiger partial charge in [0.25, 0.3) is 0 Å². The highest BCUT2D eigenvalue weighted by Gasteiger charge is 2.74. The van der Waals surface area contributed by atoms with Crippen LogP contribution in [-0.2, 0) is 18.9 Å². The van der Waals surface area contributed by atoms with Gasteiger partial charge < -0.3 is 64.9 Å². The van der Waals surface area contributed by atoms with E-state index in [-0.39, 0.29) is 28.6 Å². The Labute approximate surface area is 320 Å². The van der Waals surface area contributed by atoms with Crippen molar-refractivity contribution >= 4 is 0 Å². The maximum Gasteiger partial charge on any atom is 0.187 e. The van der Waals surface area contributed by atoms with Gasteiger partial charge in [-0.3, -0.25) is 0 Å². The van der Waals surface area contributed by atoms with E-state index in [0.717, 1.165) is 18.4 Å². The third kappa shape index (κ3) is 6.76. The first-order valence-electron chi connectivity index (χ1n) is 20.4. The number of aliphatic hydroxyl groups excluding tert-OH is 8. The summed E-state index contributed by atoms with van der Waals surface area (Å²) in [4.78, 5) is 0. The van der Waals surface area contributed by atoms with Gasteiger partial charge in [-0.1, -0.05) is 39.3 Å². The van der Waals surface area contributed by atoms with Gasteiger partial charge in [0, 0.05) is 11.3 Å². The molecule has 9 N–H and O–H groups in total. The van der Waals surface area contributed by atoms with Crippen LogP contribution in [0.25, 0.3) is 0 Å². The molecule has 0 unspecified atom stereocenters. The monoisotopic (exact) mass is 770 g/mol. The SMILES string of the molecule is CC(C)=CCC[C@](C)(O)[C@H]1CC[C@]2(O[C@H]3O[C@H](CO)[C@@H](O)[C@H](O)[C@H]3O[C@H]3O[C@@H](C)[C@H](O)[C@@H](O)[C@H]3O)[C@@H]1[C@H](O)C[C@@H]1[C@@]3(C)CC[C@H](O)C(C)(C)[C@@H]3CC[C@]12C. The van der Waals surface area contributed by atoms with Crippen molar-refractivity contribution in [3.63, 3.8) is 0 Å². The molecular formula is C41H70O13. The van der Waals surface area contributed by atoms with Crippen molar-refractivity contribution < 1.29 is 64.9 Å². The molecule has 54 heavy (non-hydrogen) atoms. The van der Waals surface area contributed by atoms with Crippen LogP contribution in [-0.4, -0.2) is 137 Å². The van der Waals surface area contributed by atoms with Crippen LogP contribution in [0, 0.1) is 39.9 Å². The summed E-state index contributed by atoms with van der Waals surface area (Å²) in [7, 11) is 0. The first-order valence-corrected chi connectivity index (χ1v) is 20.4. The zero-order valence-electron chi connectivity index (χ0n) is 33.5. The van der Waals surface area contributed by atoms with E-state index in [0.29, 0.717) is 44.9 Å². The van der Waals surface area contributed by atoms with Crippen LogP contribution in [0.4, 0.5) is 0 Å². The Balaban J connectivity index is 1.44. The second-order valence-electron chi connectivity index (χ2n) is 19.6. The molecule has 4 aliphatic carbocycles. The Kier molecular flexibility index (Phi) is 12.0. The van der Waals surface area contributed by atoms with Gasteiger partial charge >= 0.3 is 0 Å². The highest BCUT2D eigenvalue weighted by molar-refractivity contribution is 5.23. The molecule has 0 radical (unpaired) electrons. The lowest BCUT2D eigenvalue weighted by Gasteiger charge is -2.70. The fraction of sp³-hybridized carbons (Fsp3) is 0.951. The zero-order valence-corrected chi connectivity index (χ0v) is 33.5. The van der Waals surface area contributed by atoms with E-state index >= 15 is 0 Å². The van der Waals surface area contributed by atoms with Crippen molar-refractivity contribution in [2.45, 2.75) is 198 Å². The maximum absolute atomic E-state index is 12.5. The number of aliphatic hydroxyl groups is 9. The number of hydrogen-bond donors (Lipinski definition) is 9. The lowest BCUT2D eigenvalue weighted by Crippen LogP contribution is -2.72. The molecule has 2 saturated heterocycles. The van der Waals surface area contributed by atoms with Crippen LogP contribution < -0.4 is 0 Å². The average molecular weight is 771 g/mol. The minimum Gasteiger partial charge on any atom is -0.394 e. The van der Waals surface area contributed by atoms with Crippen molar-refractivity contribution in [1.82, 2.24) is 0 Å². The van der Waals surface area contributed by atoms with Crippen LogP contribution >= 0.6 is 0 Å². The molecule has 0 aromatic rings. The molecule has 6 rings (SSSR count). The quantitative estimate of drug-likeness (QED) is 0.153. The van der Waals surface area contributed by atoms with Gasteiger partial charge in [-0.2, -0.15) is 0 Å². The fourth-order valence-corrected chi connectivity index (χ4v) is 12.8. The van der Waals surface area contributed by atoms with Gasteiger partial charge in [-0.25, -0.2) is 0 Å². The van der Waals surface area contributed by atoms with Gasteiger partial charge in [-0.15, -0.1) is 0 Å². The Morgan fingerprint density at radius 3 is 2.15 bits per heavy atom. The third-order valence-electron chi connectivity index (χ3n) is 15.9. The molecule has 13 heteroatoms. The first kappa shape index (κ1) is 42.8. The van der Waals surface area contributed by atoms with Crippen LogP contribution in [0.2, 0.25) is 0 Å². The number of fused-ring (bicyclic) bond motifs is 5. The summed E-state index contributed by atoms with van der Waals surface area (Å²) in [6.07, 6.45) is -8.48. The standard InChI is InChI=1S/C41H70O13/c1-20(2)10-9-14-40(8,50)22-11-17-41(28(22)23(43)18-26-38(6)15-13-27(44)37(4,5)25(38)12-16-39(26,41)7)54-36-34(32(48)30(46)24(19-42)52-36)53-35-33(49)31(47)29(45)21(3)51-35/h10,21-36,42-50H,9,11-19H2,1-8H3/t21-,22-,23+,24+,25-,26+,27-,28-,29-,30+,31+,32-,33+,34+,35+,36+,38-,39+,40-,41-/m0/s1. The van der Waals surface area contributed by atoms with E-state index in [1.165, 1.54) is 6.92 Å². The van der Waals surface area contributed by atoms with Gasteiger partial charge in [0.05, 0.1) is 36.1 Å². The lowest BCUT2D eigenvalue weighted by atomic mass is 9.37. The van der Waals surface area contributed by atoms with E-state index in [4.69, 9.17) is 18.9 Å². The third-order valence-corrected chi connectivity index (χ3v) is 15.9. The topological polar surface area (TPSA) is 219 Å². The van der Waals surface area contributed by atoms with Gasteiger partial charge in [0.2, 0.25) is 0 Å². The Morgan fingerprint density at radius 2 is 1.50 bits per heavy atom. The molecule has 0 bridgehead atoms. The summed E-state index contributed by atoms with van der Waals surface area (Å²) in [5, 5.41) is 101. The molecule has 0 amide bonds. The number of hydrogen-bond acceptors (Lipinski definition) is 13. The molecule has 6 fully saturated rings. The molecule has 312 valence electrons. The largest absolute Gasteiger partial charge is 0.394 e. The Hall–Kier alpha value is -0.780. The molecule has 0 aromatic carbocycles. The van der Waals surface area contributed by atoms with Gasteiger partial charge in [0.1, 0.15) is 42.7 Å². The summed E-state index contributed by atoms with van der Waals surface area (Å²) in [5.74, 6) is -0.844. The number of rotatable bonds is 9. The second kappa shape index (κ2) is 15.1. The molecule has 13 nitrogen and oxygen atoms in total. The van der Waals surface area contributed by atoms with Gasteiger partial charge in [0.15, 0.2) is 12.6 Å². The minimum atomic E-state index is -1.71. The Morgan fingerprint density at radius 1 is 0.815 bits per heavy atom. The molecule has 4 saturated carbocycles. The van der Waals surface area contributed by atoms with E-state index in [9.17, 15) is 46.0 Å². The van der Waals surface area contributed by atoms with E-state index < -0.39 is 103 Å². The predicted molar refractivity (Wildman–Crippen MR) is 196 cm³/mol. The van der Waals surface area contributed by atoms with Crippen LogP contribution in [0.1, 0.15) is 113 Å². The van der Waals surface area contributed by atoms with E-state index in [1.54, 1.807) is 0 Å². The van der Waals surface area contributed by atoms with Crippen LogP contribution in [0.5, 0.6) is 0 Å². The molecule has 2 heterocycles. The number of allylic oxidation sites excluding steroid dienone is 2. The maximum atomic E-state index is 12.5. The normalized spacial score (nSPS) is 52.8. The van der Waals surface area contributed by atoms with Crippen LogP contribution in [0.15, 0.2) is 11.6 Å². The van der Waals surface area contributed by atoms with Gasteiger partial charge in [-0.05, 0) is 114 Å². The molecular weight excluding hydrogens is 700 g/mol. The molecule has 20 atom stereocenters. The van der Waals surface area contributed by atoms with Crippen molar-refractivity contribution in [3.8, 4) is 0 Å². The highest BCUT2D eigenvalue weighted by atomic mass is 16.8. The summed E-state index contributed by atoms with van der Waals surface area (Å²) >= 11 is 0. The zero-order chi connectivity index (χ0) is 39.9. The molecule has 2 aliphatic heterocycles. The summed E-state index contributed by atoms with van der Waals surface area (Å²) in [5.41, 5.74) is -2.42. The van der Waals surface area contributed by atoms with Crippen molar-refractivity contribution in [2.24, 2.45) is 39.9 Å². The fourth-order valence-electron chi connectivity index (χ4n) is 12.8. The summed E-state index contributed by atoms with van der Waals surface area (Å²) < 4.78 is 25.6. The first-order chi connectivity index (χ1) is 25.1. The van der Waals surface area contributed by atoms with E-state index in [1.807, 2.05) is 20.8 Å². The molecule has 0 spiro atoms. The highest BCUT2D eigenvalue weighted by Crippen LogP contribution is 2.74.